The van der Waals surface area contributed by atoms with Crippen molar-refractivity contribution in [1.29, 1.82) is 0 Å². The summed E-state index contributed by atoms with van der Waals surface area (Å²) in [5.74, 6) is 1.85. The number of hydrogen-bond donors (Lipinski definition) is 1. The Hall–Kier alpha value is -0.860. The van der Waals surface area contributed by atoms with Crippen LogP contribution in [-0.2, 0) is 11.4 Å². The first-order valence-corrected chi connectivity index (χ1v) is 6.33. The minimum atomic E-state index is 0.613. The Labute approximate surface area is 97.0 Å². The van der Waals surface area contributed by atoms with E-state index in [-0.39, 0.29) is 0 Å². The van der Waals surface area contributed by atoms with Gasteiger partial charge in [0.1, 0.15) is 0 Å². The van der Waals surface area contributed by atoms with Crippen LogP contribution in [0.15, 0.2) is 30.3 Å². The molecule has 0 saturated heterocycles. The van der Waals surface area contributed by atoms with E-state index in [0.29, 0.717) is 12.6 Å². The third-order valence-electron chi connectivity index (χ3n) is 4.05. The Morgan fingerprint density at radius 2 is 2.00 bits per heavy atom. The highest BCUT2D eigenvalue weighted by Gasteiger charge is 2.39. The maximum Gasteiger partial charge on any atom is 0.0933 e. The Balaban J connectivity index is 1.44. The lowest BCUT2D eigenvalue weighted by molar-refractivity contribution is -0.00902. The van der Waals surface area contributed by atoms with E-state index in [1.54, 1.807) is 0 Å². The van der Waals surface area contributed by atoms with E-state index in [1.165, 1.54) is 31.2 Å². The minimum Gasteiger partial charge on any atom is -0.297 e. The van der Waals surface area contributed by atoms with Crippen molar-refractivity contribution >= 4 is 0 Å². The molecule has 0 aromatic heterocycles. The molecule has 3 rings (SSSR count). The standard InChI is InChI=1S/C14H19NO/c1-2-4-11(5-3-1)10-16-15-14-9-12-6-7-13(14)8-12/h1-5,12-15H,6-10H2. The molecular weight excluding hydrogens is 198 g/mol. The summed E-state index contributed by atoms with van der Waals surface area (Å²) in [6.45, 7) is 0.675. The van der Waals surface area contributed by atoms with Crippen molar-refractivity contribution in [3.8, 4) is 0 Å². The molecule has 2 bridgehead atoms. The molecule has 86 valence electrons. The third-order valence-corrected chi connectivity index (χ3v) is 4.05. The quantitative estimate of drug-likeness (QED) is 0.783. The predicted octanol–water partition coefficient (Wildman–Crippen LogP) is 2.90. The third kappa shape index (κ3) is 2.13. The van der Waals surface area contributed by atoms with E-state index in [2.05, 4.69) is 29.7 Å². The second kappa shape index (κ2) is 4.56. The fraction of sp³-hybridized carbons (Fsp3) is 0.571. The van der Waals surface area contributed by atoms with Crippen LogP contribution >= 0.6 is 0 Å². The zero-order valence-corrected chi connectivity index (χ0v) is 9.56. The van der Waals surface area contributed by atoms with Gasteiger partial charge in [0, 0.05) is 6.04 Å². The highest BCUT2D eigenvalue weighted by atomic mass is 16.6. The number of rotatable bonds is 4. The number of fused-ring (bicyclic) bond motifs is 2. The summed E-state index contributed by atoms with van der Waals surface area (Å²) in [7, 11) is 0. The molecule has 3 atom stereocenters. The Morgan fingerprint density at radius 3 is 2.69 bits per heavy atom. The highest BCUT2D eigenvalue weighted by molar-refractivity contribution is 5.13. The van der Waals surface area contributed by atoms with Crippen molar-refractivity contribution in [3.63, 3.8) is 0 Å². The lowest BCUT2D eigenvalue weighted by Crippen LogP contribution is -2.33. The van der Waals surface area contributed by atoms with Gasteiger partial charge in [-0.05, 0) is 36.7 Å². The van der Waals surface area contributed by atoms with E-state index in [4.69, 9.17) is 4.84 Å². The largest absolute Gasteiger partial charge is 0.297 e. The molecule has 0 spiro atoms. The molecule has 2 heteroatoms. The van der Waals surface area contributed by atoms with E-state index in [0.717, 1.165) is 11.8 Å². The molecule has 1 aromatic rings. The maximum atomic E-state index is 5.61. The Bertz CT molecular complexity index is 338. The minimum absolute atomic E-state index is 0.613. The molecule has 2 aliphatic rings. The van der Waals surface area contributed by atoms with Gasteiger partial charge in [-0.25, -0.2) is 0 Å². The second-order valence-electron chi connectivity index (χ2n) is 5.17. The van der Waals surface area contributed by atoms with Gasteiger partial charge in [0.15, 0.2) is 0 Å². The lowest BCUT2D eigenvalue weighted by Gasteiger charge is -2.22. The molecule has 2 nitrogen and oxygen atoms in total. The molecule has 0 heterocycles. The van der Waals surface area contributed by atoms with Gasteiger partial charge in [-0.3, -0.25) is 4.84 Å². The summed E-state index contributed by atoms with van der Waals surface area (Å²) in [5, 5.41) is 0. The first-order chi connectivity index (χ1) is 7.92. The molecule has 0 aliphatic heterocycles. The van der Waals surface area contributed by atoms with Crippen LogP contribution in [0.3, 0.4) is 0 Å². The van der Waals surface area contributed by atoms with Crippen LogP contribution in [0.5, 0.6) is 0 Å². The summed E-state index contributed by atoms with van der Waals surface area (Å²) in [4.78, 5) is 5.61. The van der Waals surface area contributed by atoms with Crippen molar-refractivity contribution in [2.24, 2.45) is 11.8 Å². The summed E-state index contributed by atoms with van der Waals surface area (Å²) in [6.07, 6.45) is 5.59. The van der Waals surface area contributed by atoms with Crippen molar-refractivity contribution in [1.82, 2.24) is 5.48 Å². The van der Waals surface area contributed by atoms with Gasteiger partial charge in [-0.1, -0.05) is 36.8 Å². The number of nitrogens with one attached hydrogen (secondary N) is 1. The molecule has 1 aromatic carbocycles. The van der Waals surface area contributed by atoms with Crippen LogP contribution in [0.1, 0.15) is 31.2 Å². The molecule has 2 aliphatic carbocycles. The molecule has 16 heavy (non-hydrogen) atoms. The Morgan fingerprint density at radius 1 is 1.12 bits per heavy atom. The molecule has 2 fully saturated rings. The summed E-state index contributed by atoms with van der Waals surface area (Å²) in [5.41, 5.74) is 4.50. The summed E-state index contributed by atoms with van der Waals surface area (Å²) < 4.78 is 0. The van der Waals surface area contributed by atoms with Crippen molar-refractivity contribution in [3.05, 3.63) is 35.9 Å². The smallest absolute Gasteiger partial charge is 0.0933 e. The summed E-state index contributed by atoms with van der Waals surface area (Å²) >= 11 is 0. The van der Waals surface area contributed by atoms with Crippen LogP contribution in [-0.4, -0.2) is 6.04 Å². The number of benzene rings is 1. The van der Waals surface area contributed by atoms with Crippen LogP contribution in [0.4, 0.5) is 0 Å². The van der Waals surface area contributed by atoms with Gasteiger partial charge < -0.3 is 0 Å². The van der Waals surface area contributed by atoms with Crippen molar-refractivity contribution in [2.75, 3.05) is 0 Å². The molecule has 0 radical (unpaired) electrons. The maximum absolute atomic E-state index is 5.61. The zero-order valence-electron chi connectivity index (χ0n) is 9.56. The topological polar surface area (TPSA) is 21.3 Å². The number of hydrogen-bond acceptors (Lipinski definition) is 2. The molecular formula is C14H19NO. The average Bonchev–Trinajstić information content (AvgIpc) is 2.92. The monoisotopic (exact) mass is 217 g/mol. The molecule has 2 saturated carbocycles. The highest BCUT2D eigenvalue weighted by Crippen LogP contribution is 2.44. The van der Waals surface area contributed by atoms with Crippen LogP contribution in [0.2, 0.25) is 0 Å². The molecule has 0 amide bonds. The second-order valence-corrected chi connectivity index (χ2v) is 5.17. The van der Waals surface area contributed by atoms with Crippen LogP contribution in [0, 0.1) is 11.8 Å². The van der Waals surface area contributed by atoms with Gasteiger partial charge in [-0.2, -0.15) is 5.48 Å². The molecule has 1 N–H and O–H groups in total. The van der Waals surface area contributed by atoms with E-state index in [1.807, 2.05) is 6.07 Å². The SMILES string of the molecule is c1ccc(CONC2CC3CCC2C3)cc1. The van der Waals surface area contributed by atoms with Gasteiger partial charge >= 0.3 is 0 Å². The van der Waals surface area contributed by atoms with Gasteiger partial charge in [0.25, 0.3) is 0 Å². The van der Waals surface area contributed by atoms with Crippen molar-refractivity contribution < 1.29 is 4.84 Å². The fourth-order valence-corrected chi connectivity index (χ4v) is 3.20. The average molecular weight is 217 g/mol. The zero-order chi connectivity index (χ0) is 10.8. The van der Waals surface area contributed by atoms with Gasteiger partial charge in [0.05, 0.1) is 6.61 Å². The predicted molar refractivity (Wildman–Crippen MR) is 63.6 cm³/mol. The lowest BCUT2D eigenvalue weighted by atomic mass is 9.96. The van der Waals surface area contributed by atoms with Gasteiger partial charge in [0.2, 0.25) is 0 Å². The first kappa shape index (κ1) is 10.3. The van der Waals surface area contributed by atoms with Crippen LogP contribution < -0.4 is 5.48 Å². The first-order valence-electron chi connectivity index (χ1n) is 6.33. The number of hydroxylamine groups is 1. The van der Waals surface area contributed by atoms with Gasteiger partial charge in [-0.15, -0.1) is 0 Å². The Kier molecular flexibility index (Phi) is 2.94. The van der Waals surface area contributed by atoms with Crippen molar-refractivity contribution in [2.45, 2.75) is 38.3 Å². The van der Waals surface area contributed by atoms with E-state index >= 15 is 0 Å². The summed E-state index contributed by atoms with van der Waals surface area (Å²) in [6, 6.07) is 11.0. The fourth-order valence-electron chi connectivity index (χ4n) is 3.20. The molecule has 3 unspecified atom stereocenters. The van der Waals surface area contributed by atoms with Crippen LogP contribution in [0.25, 0.3) is 0 Å². The van der Waals surface area contributed by atoms with E-state index < -0.39 is 0 Å². The van der Waals surface area contributed by atoms with E-state index in [9.17, 15) is 0 Å². The normalized spacial score (nSPS) is 32.1.